The third-order valence-corrected chi connectivity index (χ3v) is 4.60. The molecule has 6 nitrogen and oxygen atoms in total. The van der Waals surface area contributed by atoms with E-state index in [4.69, 9.17) is 4.42 Å². The Kier molecular flexibility index (Phi) is 4.52. The van der Waals surface area contributed by atoms with E-state index in [0.29, 0.717) is 17.5 Å². The summed E-state index contributed by atoms with van der Waals surface area (Å²) < 4.78 is 5.87. The SMILES string of the molecule is Cc1ccc(CN2CCC[C@@H](c3nnc(-c4cnccn4)o3)C2)cc1. The van der Waals surface area contributed by atoms with Gasteiger partial charge in [-0.2, -0.15) is 0 Å². The molecule has 0 amide bonds. The largest absolute Gasteiger partial charge is 0.419 e. The molecule has 3 aromatic rings. The minimum Gasteiger partial charge on any atom is -0.419 e. The third-order valence-electron chi connectivity index (χ3n) is 4.60. The van der Waals surface area contributed by atoms with Gasteiger partial charge in [-0.1, -0.05) is 29.8 Å². The van der Waals surface area contributed by atoms with Crippen molar-refractivity contribution < 1.29 is 4.42 Å². The number of nitrogens with zero attached hydrogens (tertiary/aromatic N) is 5. The molecule has 0 spiro atoms. The van der Waals surface area contributed by atoms with Gasteiger partial charge in [-0.15, -0.1) is 10.2 Å². The zero-order valence-electron chi connectivity index (χ0n) is 14.3. The number of benzene rings is 1. The molecule has 1 aliphatic rings. The monoisotopic (exact) mass is 335 g/mol. The predicted octanol–water partition coefficient (Wildman–Crippen LogP) is 3.21. The molecule has 128 valence electrons. The van der Waals surface area contributed by atoms with Crippen LogP contribution in [0.3, 0.4) is 0 Å². The molecule has 0 aliphatic carbocycles. The number of hydrogen-bond donors (Lipinski definition) is 0. The second-order valence-corrected chi connectivity index (χ2v) is 6.60. The number of likely N-dealkylation sites (tertiary alicyclic amines) is 1. The second-order valence-electron chi connectivity index (χ2n) is 6.60. The van der Waals surface area contributed by atoms with Gasteiger partial charge in [-0.05, 0) is 31.9 Å². The molecule has 0 saturated carbocycles. The first-order valence-electron chi connectivity index (χ1n) is 8.65. The standard InChI is InChI=1S/C19H21N5O/c1-14-4-6-15(7-5-14)12-24-10-2-3-16(13-24)18-22-23-19(25-18)17-11-20-8-9-21-17/h4-9,11,16H,2-3,10,12-13H2,1H3/t16-/m1/s1. The van der Waals surface area contributed by atoms with E-state index < -0.39 is 0 Å². The maximum absolute atomic E-state index is 5.87. The molecule has 1 aromatic carbocycles. The molecule has 1 saturated heterocycles. The molecule has 0 unspecified atom stereocenters. The minimum atomic E-state index is 0.275. The van der Waals surface area contributed by atoms with Crippen LogP contribution in [-0.2, 0) is 6.54 Å². The molecule has 0 N–H and O–H groups in total. The quantitative estimate of drug-likeness (QED) is 0.729. The van der Waals surface area contributed by atoms with Gasteiger partial charge in [0, 0.05) is 25.5 Å². The van der Waals surface area contributed by atoms with E-state index in [2.05, 4.69) is 56.3 Å². The maximum atomic E-state index is 5.87. The van der Waals surface area contributed by atoms with Crippen LogP contribution in [0.15, 0.2) is 47.3 Å². The van der Waals surface area contributed by atoms with Crippen LogP contribution in [0.5, 0.6) is 0 Å². The van der Waals surface area contributed by atoms with Crippen LogP contribution in [0, 0.1) is 6.92 Å². The van der Waals surface area contributed by atoms with Crippen molar-refractivity contribution in [3.05, 3.63) is 59.9 Å². The first kappa shape index (κ1) is 15.9. The number of aromatic nitrogens is 4. The fraction of sp³-hybridized carbons (Fsp3) is 0.368. The Morgan fingerprint density at radius 1 is 1.16 bits per heavy atom. The summed E-state index contributed by atoms with van der Waals surface area (Å²) >= 11 is 0. The molecule has 3 heterocycles. The number of rotatable bonds is 4. The summed E-state index contributed by atoms with van der Waals surface area (Å²) in [7, 11) is 0. The van der Waals surface area contributed by atoms with E-state index >= 15 is 0 Å². The predicted molar refractivity (Wildman–Crippen MR) is 93.8 cm³/mol. The van der Waals surface area contributed by atoms with Crippen LogP contribution in [0.2, 0.25) is 0 Å². The molecule has 25 heavy (non-hydrogen) atoms. The first-order chi connectivity index (χ1) is 12.3. The highest BCUT2D eigenvalue weighted by Crippen LogP contribution is 2.28. The molecular weight excluding hydrogens is 314 g/mol. The van der Waals surface area contributed by atoms with Crippen molar-refractivity contribution in [2.75, 3.05) is 13.1 Å². The lowest BCUT2D eigenvalue weighted by Gasteiger charge is -2.31. The van der Waals surface area contributed by atoms with Crippen LogP contribution in [-0.4, -0.2) is 38.2 Å². The summed E-state index contributed by atoms with van der Waals surface area (Å²) in [5.41, 5.74) is 3.26. The van der Waals surface area contributed by atoms with Crippen molar-refractivity contribution >= 4 is 0 Å². The smallest absolute Gasteiger partial charge is 0.267 e. The molecule has 4 rings (SSSR count). The third kappa shape index (κ3) is 3.74. The van der Waals surface area contributed by atoms with E-state index in [1.807, 2.05) is 0 Å². The lowest BCUT2D eigenvalue weighted by Crippen LogP contribution is -2.34. The van der Waals surface area contributed by atoms with Gasteiger partial charge in [-0.3, -0.25) is 9.88 Å². The van der Waals surface area contributed by atoms with Gasteiger partial charge in [0.1, 0.15) is 5.69 Å². The zero-order valence-corrected chi connectivity index (χ0v) is 14.3. The van der Waals surface area contributed by atoms with Crippen LogP contribution in [0.4, 0.5) is 0 Å². The molecule has 6 heteroatoms. The number of hydrogen-bond acceptors (Lipinski definition) is 6. The highest BCUT2D eigenvalue weighted by Gasteiger charge is 2.26. The molecule has 2 aromatic heterocycles. The van der Waals surface area contributed by atoms with Crippen molar-refractivity contribution in [1.82, 2.24) is 25.1 Å². The maximum Gasteiger partial charge on any atom is 0.267 e. The summed E-state index contributed by atoms with van der Waals surface area (Å²) in [6.07, 6.45) is 7.11. The lowest BCUT2D eigenvalue weighted by molar-refractivity contribution is 0.186. The van der Waals surface area contributed by atoms with Crippen LogP contribution >= 0.6 is 0 Å². The average Bonchev–Trinajstić information content (AvgIpc) is 3.15. The van der Waals surface area contributed by atoms with Crippen molar-refractivity contribution in [2.24, 2.45) is 0 Å². The van der Waals surface area contributed by atoms with Gasteiger partial charge in [0.2, 0.25) is 5.89 Å². The molecular formula is C19H21N5O. The summed E-state index contributed by atoms with van der Waals surface area (Å²) in [4.78, 5) is 10.7. The zero-order chi connectivity index (χ0) is 17.1. The fourth-order valence-electron chi connectivity index (χ4n) is 3.26. The van der Waals surface area contributed by atoms with Gasteiger partial charge in [0.05, 0.1) is 12.1 Å². The summed E-state index contributed by atoms with van der Waals surface area (Å²) in [5.74, 6) is 1.42. The Bertz CT molecular complexity index is 815. The Hall–Kier alpha value is -2.60. The van der Waals surface area contributed by atoms with Crippen LogP contribution in [0.25, 0.3) is 11.6 Å². The van der Waals surface area contributed by atoms with Crippen LogP contribution < -0.4 is 0 Å². The highest BCUT2D eigenvalue weighted by atomic mass is 16.4. The lowest BCUT2D eigenvalue weighted by atomic mass is 9.97. The molecule has 1 aliphatic heterocycles. The highest BCUT2D eigenvalue weighted by molar-refractivity contribution is 5.43. The van der Waals surface area contributed by atoms with Crippen molar-refractivity contribution in [3.63, 3.8) is 0 Å². The van der Waals surface area contributed by atoms with Gasteiger partial charge in [-0.25, -0.2) is 4.98 Å². The van der Waals surface area contributed by atoms with Gasteiger partial charge >= 0.3 is 0 Å². The second kappa shape index (κ2) is 7.11. The first-order valence-corrected chi connectivity index (χ1v) is 8.65. The Balaban J connectivity index is 1.44. The minimum absolute atomic E-state index is 0.275. The topological polar surface area (TPSA) is 67.9 Å². The van der Waals surface area contributed by atoms with E-state index in [9.17, 15) is 0 Å². The van der Waals surface area contributed by atoms with E-state index in [-0.39, 0.29) is 5.92 Å². The van der Waals surface area contributed by atoms with Crippen LogP contribution in [0.1, 0.15) is 35.8 Å². The molecule has 1 atom stereocenters. The van der Waals surface area contributed by atoms with Crippen molar-refractivity contribution in [2.45, 2.75) is 32.2 Å². The van der Waals surface area contributed by atoms with Crippen molar-refractivity contribution in [1.29, 1.82) is 0 Å². The van der Waals surface area contributed by atoms with E-state index in [1.165, 1.54) is 11.1 Å². The van der Waals surface area contributed by atoms with Gasteiger partial charge in [0.15, 0.2) is 0 Å². The molecule has 0 bridgehead atoms. The molecule has 1 fully saturated rings. The number of piperidine rings is 1. The van der Waals surface area contributed by atoms with Gasteiger partial charge in [0.25, 0.3) is 5.89 Å². The summed E-state index contributed by atoms with van der Waals surface area (Å²) in [5, 5.41) is 8.40. The van der Waals surface area contributed by atoms with Gasteiger partial charge < -0.3 is 4.42 Å². The summed E-state index contributed by atoms with van der Waals surface area (Å²) in [6, 6.07) is 8.75. The molecule has 0 radical (unpaired) electrons. The Morgan fingerprint density at radius 3 is 2.84 bits per heavy atom. The Morgan fingerprint density at radius 2 is 2.04 bits per heavy atom. The summed E-state index contributed by atoms with van der Waals surface area (Å²) in [6.45, 7) is 5.12. The average molecular weight is 335 g/mol. The normalized spacial score (nSPS) is 18.4. The Labute approximate surface area is 146 Å². The number of aryl methyl sites for hydroxylation is 1. The van der Waals surface area contributed by atoms with Crippen molar-refractivity contribution in [3.8, 4) is 11.6 Å². The fourth-order valence-corrected chi connectivity index (χ4v) is 3.26. The van der Waals surface area contributed by atoms with E-state index in [1.54, 1.807) is 18.6 Å². The van der Waals surface area contributed by atoms with E-state index in [0.717, 1.165) is 32.5 Å².